The molecule has 0 unspecified atom stereocenters. The molecular formula is C9H7IN2O. The highest BCUT2D eigenvalue weighted by Gasteiger charge is 2.03. The zero-order valence-corrected chi connectivity index (χ0v) is 9.11. The van der Waals surface area contributed by atoms with E-state index in [1.165, 1.54) is 0 Å². The molecule has 0 fully saturated rings. The maximum Gasteiger partial charge on any atom is 0.191 e. The number of hydrogen-bond acceptors (Lipinski definition) is 3. The predicted octanol–water partition coefficient (Wildman–Crippen LogP) is 2.25. The molecule has 2 rings (SSSR count). The van der Waals surface area contributed by atoms with Gasteiger partial charge in [-0.25, -0.2) is 9.97 Å². The lowest BCUT2D eigenvalue weighted by Gasteiger charge is -2.02. The highest BCUT2D eigenvalue weighted by atomic mass is 127. The van der Waals surface area contributed by atoms with Gasteiger partial charge in [-0.15, -0.1) is 0 Å². The van der Waals surface area contributed by atoms with Crippen LogP contribution < -0.4 is 0 Å². The van der Waals surface area contributed by atoms with E-state index < -0.39 is 0 Å². The molecule has 0 spiro atoms. The molecule has 0 saturated heterocycles. The minimum Gasteiger partial charge on any atom is -0.508 e. The largest absolute Gasteiger partial charge is 0.508 e. The second-order valence-electron chi connectivity index (χ2n) is 2.78. The van der Waals surface area contributed by atoms with E-state index in [1.807, 2.05) is 6.92 Å². The van der Waals surface area contributed by atoms with Crippen molar-refractivity contribution in [2.45, 2.75) is 6.92 Å². The zero-order valence-electron chi connectivity index (χ0n) is 6.95. The number of phenols is 1. The Hall–Kier alpha value is -0.910. The molecule has 13 heavy (non-hydrogen) atoms. The van der Waals surface area contributed by atoms with E-state index in [4.69, 9.17) is 0 Å². The Morgan fingerprint density at radius 2 is 2.15 bits per heavy atom. The average molecular weight is 286 g/mol. The summed E-state index contributed by atoms with van der Waals surface area (Å²) in [6.07, 6.45) is 1.74. The predicted molar refractivity (Wildman–Crippen MR) is 58.7 cm³/mol. The first-order valence-electron chi connectivity index (χ1n) is 3.79. The fourth-order valence-electron chi connectivity index (χ4n) is 1.21. The van der Waals surface area contributed by atoms with E-state index in [1.54, 1.807) is 18.3 Å². The minimum absolute atomic E-state index is 0.289. The quantitative estimate of drug-likeness (QED) is 0.597. The second kappa shape index (κ2) is 3.10. The molecule has 4 heteroatoms. The molecule has 0 radical (unpaired) electrons. The van der Waals surface area contributed by atoms with Gasteiger partial charge in [0.05, 0.1) is 5.52 Å². The SMILES string of the molecule is Cc1c(O)ccc2nc(I)ncc12. The Labute approximate surface area is 89.0 Å². The summed E-state index contributed by atoms with van der Waals surface area (Å²) in [4.78, 5) is 8.32. The van der Waals surface area contributed by atoms with E-state index in [9.17, 15) is 5.11 Å². The molecule has 0 aliphatic heterocycles. The third-order valence-electron chi connectivity index (χ3n) is 1.98. The van der Waals surface area contributed by atoms with Crippen molar-refractivity contribution in [3.8, 4) is 5.75 Å². The Morgan fingerprint density at radius 3 is 2.92 bits per heavy atom. The van der Waals surface area contributed by atoms with Crippen molar-refractivity contribution in [3.63, 3.8) is 0 Å². The van der Waals surface area contributed by atoms with Gasteiger partial charge >= 0.3 is 0 Å². The van der Waals surface area contributed by atoms with Gasteiger partial charge in [0.2, 0.25) is 0 Å². The number of phenolic OH excluding ortho intramolecular Hbond substituents is 1. The number of halogens is 1. The molecule has 1 N–H and O–H groups in total. The first-order valence-corrected chi connectivity index (χ1v) is 4.87. The number of rotatable bonds is 0. The van der Waals surface area contributed by atoms with Crippen LogP contribution >= 0.6 is 22.6 Å². The van der Waals surface area contributed by atoms with Gasteiger partial charge < -0.3 is 5.11 Å². The first-order chi connectivity index (χ1) is 6.18. The van der Waals surface area contributed by atoms with E-state index >= 15 is 0 Å². The summed E-state index contributed by atoms with van der Waals surface area (Å²) >= 11 is 2.06. The van der Waals surface area contributed by atoms with E-state index in [-0.39, 0.29) is 5.75 Å². The monoisotopic (exact) mass is 286 g/mol. The lowest BCUT2D eigenvalue weighted by Crippen LogP contribution is -1.89. The van der Waals surface area contributed by atoms with Crippen molar-refractivity contribution in [2.75, 3.05) is 0 Å². The molecule has 0 aliphatic carbocycles. The van der Waals surface area contributed by atoms with Crippen LogP contribution in [0.2, 0.25) is 0 Å². The highest BCUT2D eigenvalue weighted by molar-refractivity contribution is 14.1. The lowest BCUT2D eigenvalue weighted by molar-refractivity contribution is 0.472. The van der Waals surface area contributed by atoms with Crippen LogP contribution in [-0.2, 0) is 0 Å². The Kier molecular flexibility index (Phi) is 2.07. The van der Waals surface area contributed by atoms with Gasteiger partial charge in [-0.05, 0) is 19.1 Å². The summed E-state index contributed by atoms with van der Waals surface area (Å²) < 4.78 is 0.718. The summed E-state index contributed by atoms with van der Waals surface area (Å²) in [5, 5.41) is 10.3. The molecule has 0 saturated carbocycles. The molecule has 0 bridgehead atoms. The molecule has 0 atom stereocenters. The summed E-state index contributed by atoms with van der Waals surface area (Å²) in [6, 6.07) is 3.45. The van der Waals surface area contributed by atoms with Crippen molar-refractivity contribution >= 4 is 33.5 Å². The topological polar surface area (TPSA) is 46.0 Å². The fourth-order valence-corrected chi connectivity index (χ4v) is 1.61. The summed E-state index contributed by atoms with van der Waals surface area (Å²) in [5.41, 5.74) is 1.70. The van der Waals surface area contributed by atoms with Gasteiger partial charge in [-0.2, -0.15) is 0 Å². The van der Waals surface area contributed by atoms with Crippen LogP contribution in [-0.4, -0.2) is 15.1 Å². The second-order valence-corrected chi connectivity index (χ2v) is 3.75. The Balaban J connectivity index is 2.87. The Bertz CT molecular complexity index is 470. The summed E-state index contributed by atoms with van der Waals surface area (Å²) in [6.45, 7) is 1.86. The molecule has 3 nitrogen and oxygen atoms in total. The molecule has 1 aromatic carbocycles. The third kappa shape index (κ3) is 1.46. The van der Waals surface area contributed by atoms with Crippen LogP contribution in [0.5, 0.6) is 5.75 Å². The number of benzene rings is 1. The van der Waals surface area contributed by atoms with Gasteiger partial charge in [0.25, 0.3) is 0 Å². The van der Waals surface area contributed by atoms with Gasteiger partial charge in [0.15, 0.2) is 3.83 Å². The van der Waals surface area contributed by atoms with Gasteiger partial charge in [0, 0.05) is 39.7 Å². The van der Waals surface area contributed by atoms with Crippen molar-refractivity contribution in [1.29, 1.82) is 0 Å². The third-order valence-corrected chi connectivity index (χ3v) is 2.50. The smallest absolute Gasteiger partial charge is 0.191 e. The number of aryl methyl sites for hydroxylation is 1. The average Bonchev–Trinajstić information content (AvgIpc) is 2.12. The van der Waals surface area contributed by atoms with Crippen LogP contribution in [0, 0.1) is 10.8 Å². The molecular weight excluding hydrogens is 279 g/mol. The highest BCUT2D eigenvalue weighted by Crippen LogP contribution is 2.24. The maximum absolute atomic E-state index is 9.43. The molecule has 66 valence electrons. The molecule has 2 aromatic rings. The van der Waals surface area contributed by atoms with Gasteiger partial charge in [-0.1, -0.05) is 0 Å². The number of aromatic nitrogens is 2. The van der Waals surface area contributed by atoms with Crippen LogP contribution in [0.4, 0.5) is 0 Å². The number of nitrogens with zero attached hydrogens (tertiary/aromatic N) is 2. The van der Waals surface area contributed by atoms with Crippen molar-refractivity contribution in [2.24, 2.45) is 0 Å². The van der Waals surface area contributed by atoms with Gasteiger partial charge in [0.1, 0.15) is 5.75 Å². The maximum atomic E-state index is 9.43. The fraction of sp³-hybridized carbons (Fsp3) is 0.111. The molecule has 0 amide bonds. The van der Waals surface area contributed by atoms with Crippen molar-refractivity contribution < 1.29 is 5.11 Å². The Morgan fingerprint density at radius 1 is 1.38 bits per heavy atom. The van der Waals surface area contributed by atoms with Crippen LogP contribution in [0.25, 0.3) is 10.9 Å². The number of fused-ring (bicyclic) bond motifs is 1. The molecule has 1 aromatic heterocycles. The minimum atomic E-state index is 0.289. The lowest BCUT2D eigenvalue weighted by atomic mass is 10.1. The summed E-state index contributed by atoms with van der Waals surface area (Å²) in [5.74, 6) is 0.289. The molecule has 0 aliphatic rings. The van der Waals surface area contributed by atoms with E-state index in [0.29, 0.717) is 0 Å². The van der Waals surface area contributed by atoms with Crippen molar-refractivity contribution in [1.82, 2.24) is 9.97 Å². The normalized spacial score (nSPS) is 10.6. The summed E-state index contributed by atoms with van der Waals surface area (Å²) in [7, 11) is 0. The van der Waals surface area contributed by atoms with Crippen LogP contribution in [0.3, 0.4) is 0 Å². The van der Waals surface area contributed by atoms with Crippen molar-refractivity contribution in [3.05, 3.63) is 27.7 Å². The van der Waals surface area contributed by atoms with E-state index in [2.05, 4.69) is 32.6 Å². The van der Waals surface area contributed by atoms with Gasteiger partial charge in [-0.3, -0.25) is 0 Å². The van der Waals surface area contributed by atoms with Crippen LogP contribution in [0.1, 0.15) is 5.56 Å². The number of aromatic hydroxyl groups is 1. The zero-order chi connectivity index (χ0) is 9.42. The first kappa shape index (κ1) is 8.68. The van der Waals surface area contributed by atoms with E-state index in [0.717, 1.165) is 20.3 Å². The number of hydrogen-bond donors (Lipinski definition) is 1. The van der Waals surface area contributed by atoms with Crippen LogP contribution in [0.15, 0.2) is 18.3 Å². The standard InChI is InChI=1S/C9H7IN2O/c1-5-6-4-11-9(10)12-7(6)2-3-8(5)13/h2-4,13H,1H3. The molecule has 1 heterocycles.